The fourth-order valence-corrected chi connectivity index (χ4v) is 9.34. The zero-order chi connectivity index (χ0) is 4.83. The summed E-state index contributed by atoms with van der Waals surface area (Å²) in [4.78, 5) is 0. The van der Waals surface area contributed by atoms with Crippen LogP contribution in [0, 0.1) is 0 Å². The molecule has 0 amide bonds. The third-order valence-electron chi connectivity index (χ3n) is 0.200. The van der Waals surface area contributed by atoms with Gasteiger partial charge in [-0.05, 0) is 0 Å². The normalized spacial score (nSPS) is 10.0. The monoisotopic (exact) mass is 462 g/mol. The topological polar surface area (TPSA) is 0 Å². The van der Waals surface area contributed by atoms with Gasteiger partial charge < -0.3 is 0 Å². The maximum atomic E-state index is 2.70. The number of hydrogen-bond donors (Lipinski definition) is 0. The molecule has 0 saturated heterocycles. The van der Waals surface area contributed by atoms with Gasteiger partial charge in [-0.1, -0.05) is 0 Å². The molecule has 0 heterocycles. The van der Waals surface area contributed by atoms with Crippen molar-refractivity contribution in [2.24, 2.45) is 0 Å². The Labute approximate surface area is 68.5 Å². The molecule has 0 aliphatic heterocycles. The molecule has 0 bridgehead atoms. The molecule has 0 aromatic carbocycles. The van der Waals surface area contributed by atoms with Crippen molar-refractivity contribution in [2.45, 2.75) is 0 Å². The molecule has 4 heteroatoms. The molecule has 2 radical (unpaired) electrons. The van der Waals surface area contributed by atoms with Gasteiger partial charge in [-0.25, -0.2) is 0 Å². The molecule has 0 rings (SSSR count). The Morgan fingerprint density at radius 3 is 2.67 bits per heavy atom. The van der Waals surface area contributed by atoms with Gasteiger partial charge in [-0.3, -0.25) is 0 Å². The van der Waals surface area contributed by atoms with E-state index in [0.29, 0.717) is 0 Å². The summed E-state index contributed by atoms with van der Waals surface area (Å²) in [7, 11) is 0. The molecule has 30 valence electrons. The van der Waals surface area contributed by atoms with E-state index in [1.165, 1.54) is 5.69 Å². The molecule has 0 N–H and O–H groups in total. The van der Waals surface area contributed by atoms with Crippen LogP contribution in [0.3, 0.4) is 0 Å². The van der Waals surface area contributed by atoms with Gasteiger partial charge in [0, 0.05) is 0 Å². The standard InChI is InChI=1S/C2H2P.As.Bi.Sb/c1-2-3;;;/h1-2H;;;. The van der Waals surface area contributed by atoms with Crippen molar-refractivity contribution in [2.75, 3.05) is 0 Å². The van der Waals surface area contributed by atoms with Crippen molar-refractivity contribution in [3.8, 4) is 0 Å². The average Bonchev–Trinajstić information content (AvgIpc) is 1.61. The second-order valence-corrected chi connectivity index (χ2v) is 9.34. The molecule has 0 unspecified atom stereocenters. The SMILES string of the molecule is [As]=[Bi]/[CH]=C\[P]=[Sb]. The Kier molecular flexibility index (Phi) is 10.1. The van der Waals surface area contributed by atoms with Crippen LogP contribution in [-0.4, -0.2) is 54.4 Å². The predicted octanol–water partition coefficient (Wildman–Crippen LogP) is 0.275. The summed E-state index contributed by atoms with van der Waals surface area (Å²) in [6.45, 7) is 0. The number of rotatable bonds is 2. The minimum absolute atomic E-state index is 0.125. The van der Waals surface area contributed by atoms with Crippen molar-refractivity contribution in [1.82, 2.24) is 0 Å². The third-order valence-corrected chi connectivity index (χ3v) is 6.14. The Hall–Kier alpha value is 2.30. The molecule has 0 fully saturated rings. The molecule has 6 heavy (non-hydrogen) atoms. The van der Waals surface area contributed by atoms with E-state index >= 15 is 0 Å². The van der Waals surface area contributed by atoms with Crippen LogP contribution in [0.15, 0.2) is 9.60 Å². The first-order valence-electron chi connectivity index (χ1n) is 1.25. The van der Waals surface area contributed by atoms with E-state index in [1.54, 1.807) is 0 Å². The zero-order valence-electron chi connectivity index (χ0n) is 2.94. The summed E-state index contributed by atoms with van der Waals surface area (Å²) in [5.41, 5.74) is 1.45. The molecular formula is C2H2AsBiPSb. The van der Waals surface area contributed by atoms with Crippen LogP contribution in [0.1, 0.15) is 0 Å². The molecule has 0 nitrogen and oxygen atoms in total. The van der Waals surface area contributed by atoms with Crippen LogP contribution in [-0.2, 0) is 0 Å². The first kappa shape index (κ1) is 8.30. The quantitative estimate of drug-likeness (QED) is 0.409. The fraction of sp³-hybridized carbons (Fsp3) is 0. The second-order valence-electron chi connectivity index (χ2n) is 0.529. The van der Waals surface area contributed by atoms with Gasteiger partial charge in [0.2, 0.25) is 0 Å². The van der Waals surface area contributed by atoms with E-state index in [1.807, 2.05) is 21.9 Å². The van der Waals surface area contributed by atoms with E-state index < -0.39 is 0 Å². The van der Waals surface area contributed by atoms with Crippen molar-refractivity contribution in [1.29, 1.82) is 0 Å². The van der Waals surface area contributed by atoms with E-state index in [9.17, 15) is 0 Å². The predicted molar refractivity (Wildman–Crippen MR) is 33.3 cm³/mol. The van der Waals surface area contributed by atoms with Gasteiger partial charge >= 0.3 is 69.7 Å². The summed E-state index contributed by atoms with van der Waals surface area (Å²) < 4.78 is 2.33. The van der Waals surface area contributed by atoms with Crippen LogP contribution < -0.4 is 0 Å². The van der Waals surface area contributed by atoms with Crippen LogP contribution >= 0.6 is 5.69 Å². The molecule has 0 spiro atoms. The van der Waals surface area contributed by atoms with Crippen molar-refractivity contribution < 1.29 is 0 Å². The second kappa shape index (κ2) is 7.30. The van der Waals surface area contributed by atoms with Gasteiger partial charge in [0.05, 0.1) is 0 Å². The van der Waals surface area contributed by atoms with Gasteiger partial charge in [0.1, 0.15) is 0 Å². The molecule has 0 aromatic heterocycles. The maximum absolute atomic E-state index is 2.70. The molecular weight excluding hydrogens is 461 g/mol. The van der Waals surface area contributed by atoms with E-state index in [0.717, 1.165) is 0 Å². The average molecular weight is 463 g/mol. The fourth-order valence-electron chi connectivity index (χ4n) is 0.0596. The Morgan fingerprint density at radius 2 is 2.50 bits per heavy atom. The summed E-state index contributed by atoms with van der Waals surface area (Å²) in [5.74, 6) is 2.24. The first-order valence-corrected chi connectivity index (χ1v) is 16.5. The minimum atomic E-state index is -0.125. The van der Waals surface area contributed by atoms with Gasteiger partial charge in [-0.2, -0.15) is 0 Å². The first-order chi connectivity index (χ1) is 2.91. The zero-order valence-corrected chi connectivity index (χ0v) is 11.7. The van der Waals surface area contributed by atoms with Crippen molar-refractivity contribution in [3.63, 3.8) is 0 Å². The Balaban J connectivity index is 3.17. The van der Waals surface area contributed by atoms with E-state index in [2.05, 4.69) is 22.0 Å². The van der Waals surface area contributed by atoms with E-state index in [-0.39, 0.29) is 20.0 Å². The summed E-state index contributed by atoms with van der Waals surface area (Å²) in [6.07, 6.45) is 0. The summed E-state index contributed by atoms with van der Waals surface area (Å²) >= 11 is 4.42. The van der Waals surface area contributed by atoms with Crippen LogP contribution in [0.4, 0.5) is 0 Å². The molecule has 0 aromatic rings. The molecule has 0 aliphatic carbocycles. The van der Waals surface area contributed by atoms with Crippen LogP contribution in [0.2, 0.25) is 0 Å². The van der Waals surface area contributed by atoms with Gasteiger partial charge in [0.15, 0.2) is 0 Å². The molecule has 0 aliphatic rings. The summed E-state index contributed by atoms with van der Waals surface area (Å²) in [5, 5.41) is 0. The number of hydrogen-bond acceptors (Lipinski definition) is 0. The van der Waals surface area contributed by atoms with Gasteiger partial charge in [-0.15, -0.1) is 0 Å². The van der Waals surface area contributed by atoms with Crippen molar-refractivity contribution >= 4 is 60.1 Å². The van der Waals surface area contributed by atoms with Crippen LogP contribution in [0.25, 0.3) is 0 Å². The summed E-state index contributed by atoms with van der Waals surface area (Å²) in [6, 6.07) is 0. The Morgan fingerprint density at radius 1 is 1.83 bits per heavy atom. The third kappa shape index (κ3) is 6.30. The van der Waals surface area contributed by atoms with Crippen LogP contribution in [0.5, 0.6) is 0 Å². The van der Waals surface area contributed by atoms with Crippen molar-refractivity contribution in [3.05, 3.63) is 9.60 Å². The molecule has 0 atom stereocenters. The van der Waals surface area contributed by atoms with E-state index in [4.69, 9.17) is 0 Å². The molecule has 0 saturated carbocycles. The Bertz CT molecular complexity index is 71.6. The van der Waals surface area contributed by atoms with Gasteiger partial charge in [0.25, 0.3) is 0 Å².